The third-order valence-electron chi connectivity index (χ3n) is 4.28. The molecular weight excluding hydrogens is 499 g/mol. The van der Waals surface area contributed by atoms with Crippen LogP contribution in [0.2, 0.25) is 0 Å². The van der Waals surface area contributed by atoms with Gasteiger partial charge in [0.15, 0.2) is 23.2 Å². The molecule has 0 aliphatic carbocycles. The maximum Gasteiger partial charge on any atom is 0.287 e. The fourth-order valence-corrected chi connectivity index (χ4v) is 2.73. The van der Waals surface area contributed by atoms with Gasteiger partial charge in [-0.05, 0) is 43.2 Å². The summed E-state index contributed by atoms with van der Waals surface area (Å²) in [6.07, 6.45) is 2.31. The van der Waals surface area contributed by atoms with Crippen LogP contribution in [-0.4, -0.2) is 64.2 Å². The van der Waals surface area contributed by atoms with E-state index < -0.39 is 0 Å². The highest BCUT2D eigenvalue weighted by Gasteiger charge is 2.09. The van der Waals surface area contributed by atoms with Crippen LogP contribution in [0.3, 0.4) is 0 Å². The van der Waals surface area contributed by atoms with Crippen molar-refractivity contribution in [3.05, 3.63) is 47.9 Å². The number of aliphatic imine (C=N–C) groups is 1. The summed E-state index contributed by atoms with van der Waals surface area (Å²) in [6.45, 7) is 4.46. The van der Waals surface area contributed by atoms with Crippen molar-refractivity contribution in [1.82, 2.24) is 15.5 Å². The molecular formula is C21H31IN4O4. The Kier molecular flexibility index (Phi) is 11.7. The zero-order chi connectivity index (χ0) is 21.1. The molecule has 1 aromatic carbocycles. The number of furan rings is 1. The lowest BCUT2D eigenvalue weighted by molar-refractivity contribution is 0.0927. The molecule has 2 N–H and O–H groups in total. The Hall–Kier alpha value is -2.43. The van der Waals surface area contributed by atoms with Crippen molar-refractivity contribution in [2.24, 2.45) is 4.99 Å². The SMILES string of the molecule is CCNC(=NCCNC(=O)c1ccco1)N(C)CCc1ccc(OC)c(OC)c1.I. The first-order valence-electron chi connectivity index (χ1n) is 9.61. The summed E-state index contributed by atoms with van der Waals surface area (Å²) in [5.74, 6) is 2.29. The van der Waals surface area contributed by atoms with Crippen molar-refractivity contribution in [2.75, 3.05) is 47.4 Å². The highest BCUT2D eigenvalue weighted by molar-refractivity contribution is 14.0. The molecule has 0 radical (unpaired) electrons. The first-order valence-corrected chi connectivity index (χ1v) is 9.61. The van der Waals surface area contributed by atoms with E-state index in [1.165, 1.54) is 6.26 Å². The lowest BCUT2D eigenvalue weighted by Crippen LogP contribution is -2.40. The number of nitrogens with one attached hydrogen (secondary N) is 2. The van der Waals surface area contributed by atoms with Crippen LogP contribution in [0.15, 0.2) is 46.0 Å². The molecule has 0 atom stereocenters. The van der Waals surface area contributed by atoms with E-state index in [9.17, 15) is 4.79 Å². The van der Waals surface area contributed by atoms with E-state index >= 15 is 0 Å². The molecule has 1 amide bonds. The molecule has 0 saturated carbocycles. The van der Waals surface area contributed by atoms with E-state index in [4.69, 9.17) is 13.9 Å². The molecule has 166 valence electrons. The fraction of sp³-hybridized carbons (Fsp3) is 0.429. The highest BCUT2D eigenvalue weighted by Crippen LogP contribution is 2.27. The van der Waals surface area contributed by atoms with E-state index in [2.05, 4.69) is 20.5 Å². The number of nitrogens with zero attached hydrogens (tertiary/aromatic N) is 2. The van der Waals surface area contributed by atoms with E-state index in [1.54, 1.807) is 26.4 Å². The molecule has 9 heteroatoms. The number of rotatable bonds is 10. The summed E-state index contributed by atoms with van der Waals surface area (Å²) in [4.78, 5) is 18.5. The summed E-state index contributed by atoms with van der Waals surface area (Å²) in [5.41, 5.74) is 1.15. The van der Waals surface area contributed by atoms with E-state index in [0.717, 1.165) is 42.5 Å². The quantitative estimate of drug-likeness (QED) is 0.213. The minimum atomic E-state index is -0.239. The van der Waals surface area contributed by atoms with Crippen molar-refractivity contribution < 1.29 is 18.7 Å². The molecule has 0 spiro atoms. The van der Waals surface area contributed by atoms with E-state index in [0.29, 0.717) is 18.8 Å². The molecule has 0 unspecified atom stereocenters. The van der Waals surface area contributed by atoms with Gasteiger partial charge in [0.25, 0.3) is 5.91 Å². The average molecular weight is 530 g/mol. The van der Waals surface area contributed by atoms with E-state index in [-0.39, 0.29) is 29.9 Å². The number of carbonyl (C=O) groups is 1. The second kappa shape index (κ2) is 13.7. The van der Waals surface area contributed by atoms with Crippen LogP contribution in [0.25, 0.3) is 0 Å². The average Bonchev–Trinajstić information content (AvgIpc) is 3.28. The Morgan fingerprint density at radius 2 is 1.93 bits per heavy atom. The number of hydrogen-bond donors (Lipinski definition) is 2. The van der Waals surface area contributed by atoms with Gasteiger partial charge in [0.05, 0.1) is 27.0 Å². The Bertz CT molecular complexity index is 796. The Morgan fingerprint density at radius 3 is 2.57 bits per heavy atom. The summed E-state index contributed by atoms with van der Waals surface area (Å²) in [5, 5.41) is 6.07. The van der Waals surface area contributed by atoms with Crippen LogP contribution in [0.4, 0.5) is 0 Å². The molecule has 2 rings (SSSR count). The minimum Gasteiger partial charge on any atom is -0.493 e. The highest BCUT2D eigenvalue weighted by atomic mass is 127. The monoisotopic (exact) mass is 530 g/mol. The number of guanidine groups is 1. The van der Waals surface area contributed by atoms with Gasteiger partial charge < -0.3 is 29.4 Å². The summed E-state index contributed by atoms with van der Waals surface area (Å²) in [6, 6.07) is 9.24. The lowest BCUT2D eigenvalue weighted by Gasteiger charge is -2.22. The maximum atomic E-state index is 11.9. The van der Waals surface area contributed by atoms with E-state index in [1.807, 2.05) is 32.2 Å². The van der Waals surface area contributed by atoms with Crippen LogP contribution >= 0.6 is 24.0 Å². The van der Waals surface area contributed by atoms with Gasteiger partial charge in [-0.1, -0.05) is 6.07 Å². The van der Waals surface area contributed by atoms with Crippen molar-refractivity contribution in [3.63, 3.8) is 0 Å². The van der Waals surface area contributed by atoms with Gasteiger partial charge in [0.1, 0.15) is 0 Å². The lowest BCUT2D eigenvalue weighted by atomic mass is 10.1. The molecule has 0 bridgehead atoms. The van der Waals surface area contributed by atoms with Crippen molar-refractivity contribution in [3.8, 4) is 11.5 Å². The van der Waals surface area contributed by atoms with Gasteiger partial charge in [0, 0.05) is 26.7 Å². The number of ether oxygens (including phenoxy) is 2. The van der Waals surface area contributed by atoms with Gasteiger partial charge in [-0.25, -0.2) is 0 Å². The molecule has 2 aromatic rings. The number of hydrogen-bond acceptors (Lipinski definition) is 5. The van der Waals surface area contributed by atoms with Gasteiger partial charge >= 0.3 is 0 Å². The summed E-state index contributed by atoms with van der Waals surface area (Å²) in [7, 11) is 5.25. The standard InChI is InChI=1S/C21H30N4O4.HI/c1-5-22-21(24-12-11-23-20(26)18-7-6-14-29-18)25(2)13-10-16-8-9-17(27-3)19(15-16)28-4;/h6-9,14-15H,5,10-13H2,1-4H3,(H,22,24)(H,23,26);1H. The Balaban J connectivity index is 0.00000450. The molecule has 0 fully saturated rings. The minimum absolute atomic E-state index is 0. The third-order valence-corrected chi connectivity index (χ3v) is 4.28. The van der Waals surface area contributed by atoms with Crippen LogP contribution in [0.1, 0.15) is 23.0 Å². The van der Waals surface area contributed by atoms with Gasteiger partial charge in [-0.2, -0.15) is 0 Å². The fourth-order valence-electron chi connectivity index (χ4n) is 2.73. The third kappa shape index (κ3) is 7.77. The number of halogens is 1. The van der Waals surface area contributed by atoms with Crippen molar-refractivity contribution in [2.45, 2.75) is 13.3 Å². The predicted octanol–water partition coefficient (Wildman–Crippen LogP) is 2.78. The van der Waals surface area contributed by atoms with Crippen molar-refractivity contribution >= 4 is 35.8 Å². The normalized spacial score (nSPS) is 10.7. The first kappa shape index (κ1) is 25.6. The van der Waals surface area contributed by atoms with Crippen LogP contribution in [0, 0.1) is 0 Å². The maximum absolute atomic E-state index is 11.9. The topological polar surface area (TPSA) is 88.3 Å². The van der Waals surface area contributed by atoms with Crippen LogP contribution < -0.4 is 20.1 Å². The predicted molar refractivity (Wildman–Crippen MR) is 128 cm³/mol. The smallest absolute Gasteiger partial charge is 0.287 e. The second-order valence-electron chi connectivity index (χ2n) is 6.33. The molecule has 0 saturated heterocycles. The number of amides is 1. The van der Waals surface area contributed by atoms with Crippen molar-refractivity contribution in [1.29, 1.82) is 0 Å². The molecule has 8 nitrogen and oxygen atoms in total. The largest absolute Gasteiger partial charge is 0.493 e. The zero-order valence-electron chi connectivity index (χ0n) is 17.9. The van der Waals surface area contributed by atoms with Crippen LogP contribution in [0.5, 0.6) is 11.5 Å². The first-order chi connectivity index (χ1) is 14.1. The molecule has 30 heavy (non-hydrogen) atoms. The summed E-state index contributed by atoms with van der Waals surface area (Å²) < 4.78 is 15.7. The molecule has 1 aromatic heterocycles. The van der Waals surface area contributed by atoms with Gasteiger partial charge in [-0.15, -0.1) is 24.0 Å². The molecule has 0 aliphatic rings. The summed E-state index contributed by atoms with van der Waals surface area (Å²) >= 11 is 0. The van der Waals surface area contributed by atoms with Gasteiger partial charge in [-0.3, -0.25) is 9.79 Å². The Morgan fingerprint density at radius 1 is 1.17 bits per heavy atom. The number of carbonyl (C=O) groups excluding carboxylic acids is 1. The number of methoxy groups -OCH3 is 2. The molecule has 1 heterocycles. The second-order valence-corrected chi connectivity index (χ2v) is 6.33. The van der Waals surface area contributed by atoms with Crippen LogP contribution in [-0.2, 0) is 6.42 Å². The number of likely N-dealkylation sites (N-methyl/N-ethyl adjacent to an activating group) is 1. The zero-order valence-corrected chi connectivity index (χ0v) is 20.3. The Labute approximate surface area is 195 Å². The molecule has 0 aliphatic heterocycles. The number of benzene rings is 1. The van der Waals surface area contributed by atoms with Gasteiger partial charge in [0.2, 0.25) is 0 Å².